The summed E-state index contributed by atoms with van der Waals surface area (Å²) in [5.41, 5.74) is 1.17. The van der Waals surface area contributed by atoms with E-state index in [2.05, 4.69) is 5.32 Å². The third-order valence-electron chi connectivity index (χ3n) is 4.94. The summed E-state index contributed by atoms with van der Waals surface area (Å²) in [6.07, 6.45) is 3.50. The van der Waals surface area contributed by atoms with E-state index in [4.69, 9.17) is 16.3 Å². The number of ether oxygens (including phenoxy) is 1. The van der Waals surface area contributed by atoms with E-state index < -0.39 is 5.41 Å². The van der Waals surface area contributed by atoms with Gasteiger partial charge in [0.15, 0.2) is 6.61 Å². The average Bonchev–Trinajstić information content (AvgIpc) is 3.17. The van der Waals surface area contributed by atoms with Crippen molar-refractivity contribution in [3.05, 3.63) is 70.7 Å². The molecule has 1 saturated carbocycles. The quantitative estimate of drug-likeness (QED) is 0.780. The molecule has 1 fully saturated rings. The van der Waals surface area contributed by atoms with Gasteiger partial charge in [-0.05, 0) is 30.0 Å². The highest BCUT2D eigenvalue weighted by atomic mass is 35.5. The number of hydrogen-bond acceptors (Lipinski definition) is 3. The van der Waals surface area contributed by atoms with Crippen molar-refractivity contribution in [2.45, 2.75) is 37.6 Å². The number of nitrogens with one attached hydrogen (secondary N) is 1. The summed E-state index contributed by atoms with van der Waals surface area (Å²) >= 11 is 6.07. The third-order valence-corrected chi connectivity index (χ3v) is 5.31. The average molecular weight is 372 g/mol. The van der Waals surface area contributed by atoms with Crippen molar-refractivity contribution in [1.29, 1.82) is 0 Å². The zero-order chi connectivity index (χ0) is 18.4. The van der Waals surface area contributed by atoms with Gasteiger partial charge >= 0.3 is 5.97 Å². The zero-order valence-corrected chi connectivity index (χ0v) is 15.3. The van der Waals surface area contributed by atoms with Gasteiger partial charge in [0.2, 0.25) is 0 Å². The van der Waals surface area contributed by atoms with E-state index in [9.17, 15) is 9.59 Å². The first-order chi connectivity index (χ1) is 12.6. The topological polar surface area (TPSA) is 55.4 Å². The maximum atomic E-state index is 12.8. The van der Waals surface area contributed by atoms with E-state index in [0.717, 1.165) is 36.8 Å². The smallest absolute Gasteiger partial charge is 0.317 e. The molecular formula is C21H22ClNO3. The highest BCUT2D eigenvalue weighted by Gasteiger charge is 2.44. The second-order valence-corrected chi connectivity index (χ2v) is 7.01. The van der Waals surface area contributed by atoms with Gasteiger partial charge in [-0.25, -0.2) is 0 Å². The van der Waals surface area contributed by atoms with Gasteiger partial charge < -0.3 is 10.1 Å². The molecule has 26 heavy (non-hydrogen) atoms. The molecule has 4 nitrogen and oxygen atoms in total. The Bertz CT molecular complexity index is 770. The van der Waals surface area contributed by atoms with Gasteiger partial charge in [-0.3, -0.25) is 9.59 Å². The Morgan fingerprint density at radius 1 is 1.00 bits per heavy atom. The van der Waals surface area contributed by atoms with Gasteiger partial charge in [0, 0.05) is 11.6 Å². The van der Waals surface area contributed by atoms with Crippen LogP contribution >= 0.6 is 11.6 Å². The highest BCUT2D eigenvalue weighted by molar-refractivity contribution is 6.31. The summed E-state index contributed by atoms with van der Waals surface area (Å²) in [4.78, 5) is 24.8. The molecule has 0 heterocycles. The van der Waals surface area contributed by atoms with E-state index >= 15 is 0 Å². The molecule has 1 N–H and O–H groups in total. The highest BCUT2D eigenvalue weighted by Crippen LogP contribution is 2.42. The fourth-order valence-corrected chi connectivity index (χ4v) is 3.70. The summed E-state index contributed by atoms with van der Waals surface area (Å²) in [5, 5.41) is 3.33. The van der Waals surface area contributed by atoms with Crippen LogP contribution in [0.2, 0.25) is 5.02 Å². The number of hydrogen-bond donors (Lipinski definition) is 1. The van der Waals surface area contributed by atoms with Crippen molar-refractivity contribution >= 4 is 23.5 Å². The van der Waals surface area contributed by atoms with Crippen molar-refractivity contribution < 1.29 is 14.3 Å². The van der Waals surface area contributed by atoms with Crippen molar-refractivity contribution in [1.82, 2.24) is 5.32 Å². The van der Waals surface area contributed by atoms with Gasteiger partial charge in [-0.1, -0.05) is 73.0 Å². The molecule has 1 aliphatic rings. The number of benzene rings is 2. The third kappa shape index (κ3) is 4.07. The van der Waals surface area contributed by atoms with Gasteiger partial charge in [0.25, 0.3) is 5.91 Å². The molecule has 5 heteroatoms. The molecule has 2 aromatic rings. The number of esters is 1. The first-order valence-electron chi connectivity index (χ1n) is 8.85. The molecule has 3 rings (SSSR count). The van der Waals surface area contributed by atoms with E-state index in [1.807, 2.05) is 48.5 Å². The van der Waals surface area contributed by atoms with E-state index in [1.165, 1.54) is 0 Å². The molecule has 0 radical (unpaired) electrons. The van der Waals surface area contributed by atoms with Gasteiger partial charge in [-0.2, -0.15) is 0 Å². The maximum Gasteiger partial charge on any atom is 0.317 e. The van der Waals surface area contributed by atoms with Crippen LogP contribution in [0.25, 0.3) is 0 Å². The fraction of sp³-hybridized carbons (Fsp3) is 0.333. The Balaban J connectivity index is 1.57. The second-order valence-electron chi connectivity index (χ2n) is 6.60. The summed E-state index contributed by atoms with van der Waals surface area (Å²) in [6, 6.07) is 17.0. The molecule has 1 aliphatic carbocycles. The van der Waals surface area contributed by atoms with Crippen LogP contribution in [0, 0.1) is 0 Å². The van der Waals surface area contributed by atoms with Crippen LogP contribution in [0.1, 0.15) is 36.8 Å². The Hall–Kier alpha value is -2.33. The largest absolute Gasteiger partial charge is 0.455 e. The normalized spacial score (nSPS) is 15.4. The standard InChI is InChI=1S/C21H22ClNO3/c22-18-11-5-4-8-16(18)14-23-19(24)15-26-20(25)21(12-6-7-13-21)17-9-2-1-3-10-17/h1-5,8-11H,6-7,12-15H2,(H,23,24). The minimum absolute atomic E-state index is 0.280. The summed E-state index contributed by atoms with van der Waals surface area (Å²) in [7, 11) is 0. The van der Waals surface area contributed by atoms with Crippen LogP contribution in [0.15, 0.2) is 54.6 Å². The summed E-state index contributed by atoms with van der Waals surface area (Å²) in [5.74, 6) is -0.645. The van der Waals surface area contributed by atoms with Gasteiger partial charge in [0.05, 0.1) is 5.41 Å². The first kappa shape index (κ1) is 18.5. The van der Waals surface area contributed by atoms with Gasteiger partial charge in [0.1, 0.15) is 0 Å². The Kier molecular flexibility index (Phi) is 5.94. The van der Waals surface area contributed by atoms with Crippen LogP contribution < -0.4 is 5.32 Å². The summed E-state index contributed by atoms with van der Waals surface area (Å²) in [6.45, 7) is 0.0256. The Morgan fingerprint density at radius 2 is 1.65 bits per heavy atom. The maximum absolute atomic E-state index is 12.8. The molecule has 2 aromatic carbocycles. The lowest BCUT2D eigenvalue weighted by Crippen LogP contribution is -2.37. The molecule has 136 valence electrons. The summed E-state index contributed by atoms with van der Waals surface area (Å²) < 4.78 is 5.38. The van der Waals surface area contributed by atoms with Crippen molar-refractivity contribution in [2.75, 3.05) is 6.61 Å². The molecule has 0 bridgehead atoms. The predicted molar refractivity (Wildman–Crippen MR) is 101 cm³/mol. The molecule has 0 atom stereocenters. The van der Waals surface area contributed by atoms with Crippen LogP contribution in [-0.4, -0.2) is 18.5 Å². The number of carbonyl (C=O) groups is 2. The molecular weight excluding hydrogens is 350 g/mol. The molecule has 0 aliphatic heterocycles. The van der Waals surface area contributed by atoms with E-state index in [-0.39, 0.29) is 18.5 Å². The molecule has 0 spiro atoms. The SMILES string of the molecule is O=C(COC(=O)C1(c2ccccc2)CCCC1)NCc1ccccc1Cl. The number of amides is 1. The fourth-order valence-electron chi connectivity index (χ4n) is 3.50. The Morgan fingerprint density at radius 3 is 2.35 bits per heavy atom. The minimum atomic E-state index is -0.621. The molecule has 0 saturated heterocycles. The molecule has 0 aromatic heterocycles. The lowest BCUT2D eigenvalue weighted by Gasteiger charge is -2.27. The van der Waals surface area contributed by atoms with Crippen LogP contribution in [0.4, 0.5) is 0 Å². The van der Waals surface area contributed by atoms with Gasteiger partial charge in [-0.15, -0.1) is 0 Å². The number of halogens is 1. The monoisotopic (exact) mass is 371 g/mol. The molecule has 0 unspecified atom stereocenters. The number of carbonyl (C=O) groups excluding carboxylic acids is 2. The second kappa shape index (κ2) is 8.37. The zero-order valence-electron chi connectivity index (χ0n) is 14.5. The van der Waals surface area contributed by atoms with Crippen molar-refractivity contribution in [3.8, 4) is 0 Å². The Labute approximate surface area is 158 Å². The first-order valence-corrected chi connectivity index (χ1v) is 9.22. The number of rotatable bonds is 6. The lowest BCUT2D eigenvalue weighted by atomic mass is 9.79. The lowest BCUT2D eigenvalue weighted by molar-refractivity contribution is -0.154. The predicted octanol–water partition coefficient (Wildman–Crippen LogP) is 4.01. The van der Waals surface area contributed by atoms with Crippen molar-refractivity contribution in [3.63, 3.8) is 0 Å². The van der Waals surface area contributed by atoms with Crippen LogP contribution in [-0.2, 0) is 26.3 Å². The van der Waals surface area contributed by atoms with Crippen molar-refractivity contribution in [2.24, 2.45) is 0 Å². The molecule has 1 amide bonds. The minimum Gasteiger partial charge on any atom is -0.455 e. The van der Waals surface area contributed by atoms with Crippen LogP contribution in [0.3, 0.4) is 0 Å². The van der Waals surface area contributed by atoms with E-state index in [0.29, 0.717) is 11.6 Å². The van der Waals surface area contributed by atoms with Crippen LogP contribution in [0.5, 0.6) is 0 Å². The van der Waals surface area contributed by atoms with E-state index in [1.54, 1.807) is 6.07 Å².